The molecule has 0 radical (unpaired) electrons. The summed E-state index contributed by atoms with van der Waals surface area (Å²) >= 11 is 0. The molecule has 0 amide bonds. The first-order valence-electron chi connectivity index (χ1n) is 7.25. The standard InChI is InChI=1S/C17H27N/c1-5-9-18-13-17(11-16(3,4)12-17)15-8-6-7-14(2)10-15/h6-8,10,18H,5,9,11-13H2,1-4H3. The summed E-state index contributed by atoms with van der Waals surface area (Å²) < 4.78 is 0. The van der Waals surface area contributed by atoms with Crippen LogP contribution in [0.5, 0.6) is 0 Å². The van der Waals surface area contributed by atoms with Gasteiger partial charge in [-0.15, -0.1) is 0 Å². The molecular formula is C17H27N. The molecule has 1 heteroatoms. The van der Waals surface area contributed by atoms with E-state index < -0.39 is 0 Å². The molecular weight excluding hydrogens is 218 g/mol. The second kappa shape index (κ2) is 5.05. The Kier molecular flexibility index (Phi) is 3.82. The molecule has 1 saturated carbocycles. The van der Waals surface area contributed by atoms with Crippen LogP contribution in [0.15, 0.2) is 24.3 Å². The maximum atomic E-state index is 3.63. The van der Waals surface area contributed by atoms with Crippen molar-refractivity contribution >= 4 is 0 Å². The maximum absolute atomic E-state index is 3.63. The van der Waals surface area contributed by atoms with Crippen LogP contribution in [-0.4, -0.2) is 13.1 Å². The van der Waals surface area contributed by atoms with Crippen molar-refractivity contribution in [2.75, 3.05) is 13.1 Å². The van der Waals surface area contributed by atoms with Crippen LogP contribution in [0.3, 0.4) is 0 Å². The highest BCUT2D eigenvalue weighted by molar-refractivity contribution is 5.34. The Morgan fingerprint density at radius 3 is 2.50 bits per heavy atom. The van der Waals surface area contributed by atoms with E-state index in [-0.39, 0.29) is 0 Å². The van der Waals surface area contributed by atoms with Gasteiger partial charge in [-0.2, -0.15) is 0 Å². The summed E-state index contributed by atoms with van der Waals surface area (Å²) in [6, 6.07) is 9.09. The van der Waals surface area contributed by atoms with Crippen molar-refractivity contribution in [3.05, 3.63) is 35.4 Å². The summed E-state index contributed by atoms with van der Waals surface area (Å²) in [5.41, 5.74) is 3.81. The zero-order valence-electron chi connectivity index (χ0n) is 12.3. The van der Waals surface area contributed by atoms with Gasteiger partial charge in [0.05, 0.1) is 0 Å². The quantitative estimate of drug-likeness (QED) is 0.772. The minimum atomic E-state index is 0.380. The van der Waals surface area contributed by atoms with E-state index in [1.165, 1.54) is 30.4 Å². The van der Waals surface area contributed by atoms with Gasteiger partial charge in [-0.1, -0.05) is 50.6 Å². The van der Waals surface area contributed by atoms with Crippen LogP contribution in [0.2, 0.25) is 0 Å². The number of aryl methyl sites for hydroxylation is 1. The lowest BCUT2D eigenvalue weighted by atomic mass is 9.52. The number of hydrogen-bond donors (Lipinski definition) is 1. The van der Waals surface area contributed by atoms with Crippen molar-refractivity contribution in [2.24, 2.45) is 5.41 Å². The fourth-order valence-electron chi connectivity index (χ4n) is 3.69. The third-order valence-corrected chi connectivity index (χ3v) is 4.15. The Balaban J connectivity index is 2.16. The van der Waals surface area contributed by atoms with E-state index in [0.717, 1.165) is 13.1 Å². The molecule has 1 N–H and O–H groups in total. The number of nitrogens with one attached hydrogen (secondary N) is 1. The molecule has 1 aliphatic carbocycles. The Morgan fingerprint density at radius 1 is 1.22 bits per heavy atom. The summed E-state index contributed by atoms with van der Waals surface area (Å²) in [6.45, 7) is 11.5. The van der Waals surface area contributed by atoms with Gasteiger partial charge in [0.15, 0.2) is 0 Å². The van der Waals surface area contributed by atoms with E-state index in [0.29, 0.717) is 10.8 Å². The highest BCUT2D eigenvalue weighted by Gasteiger charge is 2.49. The molecule has 1 aromatic rings. The highest BCUT2D eigenvalue weighted by atomic mass is 14.9. The van der Waals surface area contributed by atoms with Gasteiger partial charge in [-0.05, 0) is 43.7 Å². The van der Waals surface area contributed by atoms with Crippen molar-refractivity contribution in [3.8, 4) is 0 Å². The van der Waals surface area contributed by atoms with Crippen molar-refractivity contribution in [2.45, 2.75) is 52.4 Å². The molecule has 0 bridgehead atoms. The predicted molar refractivity (Wildman–Crippen MR) is 79.0 cm³/mol. The minimum absolute atomic E-state index is 0.380. The van der Waals surface area contributed by atoms with Gasteiger partial charge < -0.3 is 5.32 Å². The lowest BCUT2D eigenvalue weighted by Gasteiger charge is -2.54. The van der Waals surface area contributed by atoms with E-state index in [4.69, 9.17) is 0 Å². The van der Waals surface area contributed by atoms with Crippen molar-refractivity contribution < 1.29 is 0 Å². The first-order chi connectivity index (χ1) is 8.47. The zero-order valence-corrected chi connectivity index (χ0v) is 12.3. The minimum Gasteiger partial charge on any atom is -0.316 e. The van der Waals surface area contributed by atoms with Crippen molar-refractivity contribution in [1.82, 2.24) is 5.32 Å². The summed E-state index contributed by atoms with van der Waals surface area (Å²) in [6.07, 6.45) is 3.83. The molecule has 0 unspecified atom stereocenters. The van der Waals surface area contributed by atoms with Crippen LogP contribution in [0.4, 0.5) is 0 Å². The lowest BCUT2D eigenvalue weighted by molar-refractivity contribution is 0.0564. The normalized spacial score (nSPS) is 20.4. The highest BCUT2D eigenvalue weighted by Crippen LogP contribution is 2.55. The van der Waals surface area contributed by atoms with Crippen LogP contribution in [0, 0.1) is 12.3 Å². The van der Waals surface area contributed by atoms with Crippen LogP contribution < -0.4 is 5.32 Å². The molecule has 1 aromatic carbocycles. The second-order valence-corrected chi connectivity index (χ2v) is 6.84. The average molecular weight is 245 g/mol. The molecule has 0 heterocycles. The molecule has 1 fully saturated rings. The van der Waals surface area contributed by atoms with Crippen LogP contribution in [0.1, 0.15) is 51.2 Å². The zero-order chi connectivity index (χ0) is 13.2. The van der Waals surface area contributed by atoms with Gasteiger partial charge in [0.25, 0.3) is 0 Å². The van der Waals surface area contributed by atoms with Crippen molar-refractivity contribution in [1.29, 1.82) is 0 Å². The van der Waals surface area contributed by atoms with Gasteiger partial charge in [0, 0.05) is 12.0 Å². The Hall–Kier alpha value is -0.820. The Morgan fingerprint density at radius 2 is 1.94 bits per heavy atom. The van der Waals surface area contributed by atoms with Crippen LogP contribution in [0.25, 0.3) is 0 Å². The molecule has 0 aromatic heterocycles. The van der Waals surface area contributed by atoms with E-state index >= 15 is 0 Å². The molecule has 0 spiro atoms. The lowest BCUT2D eigenvalue weighted by Crippen LogP contribution is -2.52. The van der Waals surface area contributed by atoms with Crippen LogP contribution >= 0.6 is 0 Å². The number of benzene rings is 1. The van der Waals surface area contributed by atoms with E-state index in [2.05, 4.69) is 57.3 Å². The number of hydrogen-bond acceptors (Lipinski definition) is 1. The molecule has 0 atom stereocenters. The van der Waals surface area contributed by atoms with Gasteiger partial charge in [0.2, 0.25) is 0 Å². The maximum Gasteiger partial charge on any atom is 0.00880 e. The third kappa shape index (κ3) is 2.77. The van der Waals surface area contributed by atoms with Gasteiger partial charge in [-0.25, -0.2) is 0 Å². The summed E-state index contributed by atoms with van der Waals surface area (Å²) in [7, 11) is 0. The topological polar surface area (TPSA) is 12.0 Å². The van der Waals surface area contributed by atoms with E-state index in [9.17, 15) is 0 Å². The predicted octanol–water partition coefficient (Wildman–Crippen LogP) is 4.05. The first kappa shape index (κ1) is 13.6. The molecule has 2 rings (SSSR count). The van der Waals surface area contributed by atoms with Crippen LogP contribution in [-0.2, 0) is 5.41 Å². The second-order valence-electron chi connectivity index (χ2n) is 6.84. The largest absolute Gasteiger partial charge is 0.316 e. The fraction of sp³-hybridized carbons (Fsp3) is 0.647. The first-order valence-corrected chi connectivity index (χ1v) is 7.25. The van der Waals surface area contributed by atoms with E-state index in [1.807, 2.05) is 0 Å². The third-order valence-electron chi connectivity index (χ3n) is 4.15. The summed E-state index contributed by atoms with van der Waals surface area (Å²) in [4.78, 5) is 0. The van der Waals surface area contributed by atoms with Gasteiger partial charge in [-0.3, -0.25) is 0 Å². The van der Waals surface area contributed by atoms with Gasteiger partial charge >= 0.3 is 0 Å². The fourth-order valence-corrected chi connectivity index (χ4v) is 3.69. The Bertz CT molecular complexity index is 398. The molecule has 18 heavy (non-hydrogen) atoms. The molecule has 1 nitrogen and oxygen atoms in total. The molecule has 100 valence electrons. The van der Waals surface area contributed by atoms with Gasteiger partial charge in [0.1, 0.15) is 0 Å². The SMILES string of the molecule is CCCNCC1(c2cccc(C)c2)CC(C)(C)C1. The van der Waals surface area contributed by atoms with Crippen molar-refractivity contribution in [3.63, 3.8) is 0 Å². The number of rotatable bonds is 5. The molecule has 0 aliphatic heterocycles. The molecule has 1 aliphatic rings. The van der Waals surface area contributed by atoms with E-state index in [1.54, 1.807) is 0 Å². The smallest absolute Gasteiger partial charge is 0.00880 e. The summed E-state index contributed by atoms with van der Waals surface area (Å²) in [5, 5.41) is 3.63. The monoisotopic (exact) mass is 245 g/mol. The average Bonchev–Trinajstić information content (AvgIpc) is 2.26. The Labute approximate surface area is 112 Å². The summed E-state index contributed by atoms with van der Waals surface area (Å²) in [5.74, 6) is 0. The molecule has 0 saturated heterocycles.